The average molecular weight is 426 g/mol. The minimum atomic E-state index is -4.48. The van der Waals surface area contributed by atoms with Crippen LogP contribution in [0, 0.1) is 11.3 Å². The van der Waals surface area contributed by atoms with Gasteiger partial charge in [-0.2, -0.15) is 18.4 Å². The van der Waals surface area contributed by atoms with Crippen LogP contribution in [0.15, 0.2) is 48.5 Å². The normalized spacial score (nSPS) is 11.3. The summed E-state index contributed by atoms with van der Waals surface area (Å²) in [6.07, 6.45) is -3.95. The van der Waals surface area contributed by atoms with Gasteiger partial charge in [-0.25, -0.2) is 4.79 Å². The van der Waals surface area contributed by atoms with E-state index in [1.807, 2.05) is 6.92 Å². The number of rotatable bonds is 5. The largest absolute Gasteiger partial charge is 0.461 e. The van der Waals surface area contributed by atoms with Crippen molar-refractivity contribution in [3.05, 3.63) is 71.0 Å². The lowest BCUT2D eigenvalue weighted by Crippen LogP contribution is -2.12. The summed E-state index contributed by atoms with van der Waals surface area (Å²) >= 11 is 0. The van der Waals surface area contributed by atoms with Crippen LogP contribution in [-0.2, 0) is 24.4 Å². The molecule has 0 saturated heterocycles. The van der Waals surface area contributed by atoms with E-state index in [1.54, 1.807) is 48.9 Å². The zero-order valence-corrected chi connectivity index (χ0v) is 17.4. The maximum absolute atomic E-state index is 13.4. The number of hydrogen-bond acceptors (Lipinski definition) is 3. The highest BCUT2D eigenvalue weighted by atomic mass is 19.4. The lowest BCUT2D eigenvalue weighted by molar-refractivity contribution is -0.137. The Balaban J connectivity index is 2.17. The number of alkyl halides is 3. The van der Waals surface area contributed by atoms with Crippen molar-refractivity contribution in [3.63, 3.8) is 0 Å². The van der Waals surface area contributed by atoms with Gasteiger partial charge in [0.2, 0.25) is 0 Å². The number of nitriles is 1. The summed E-state index contributed by atoms with van der Waals surface area (Å²) in [5, 5.41) is 9.76. The third-order valence-electron chi connectivity index (χ3n) is 5.15. The summed E-state index contributed by atoms with van der Waals surface area (Å²) in [7, 11) is 1.70. The van der Waals surface area contributed by atoms with Crippen molar-refractivity contribution in [2.24, 2.45) is 7.05 Å². The van der Waals surface area contributed by atoms with Crippen molar-refractivity contribution in [2.45, 2.75) is 26.4 Å². The third-order valence-corrected chi connectivity index (χ3v) is 5.15. The van der Waals surface area contributed by atoms with E-state index in [0.29, 0.717) is 34.4 Å². The van der Waals surface area contributed by atoms with Crippen LogP contribution in [0.5, 0.6) is 0 Å². The van der Waals surface area contributed by atoms with Crippen LogP contribution in [0.1, 0.15) is 41.2 Å². The average Bonchev–Trinajstić information content (AvgIpc) is 3.04. The monoisotopic (exact) mass is 426 g/mol. The number of benzene rings is 2. The summed E-state index contributed by atoms with van der Waals surface area (Å²) in [5.41, 5.74) is 2.01. The van der Waals surface area contributed by atoms with Gasteiger partial charge in [0.1, 0.15) is 11.8 Å². The van der Waals surface area contributed by atoms with Crippen molar-refractivity contribution >= 4 is 5.97 Å². The van der Waals surface area contributed by atoms with Gasteiger partial charge in [-0.1, -0.05) is 49.4 Å². The summed E-state index contributed by atoms with van der Waals surface area (Å²) in [5.74, 6) is -0.553. The first-order valence-corrected chi connectivity index (χ1v) is 9.80. The Bertz CT molecular complexity index is 1150. The number of ether oxygens (including phenoxy) is 1. The number of carbonyl (C=O) groups is 1. The Morgan fingerprint density at radius 2 is 1.68 bits per heavy atom. The molecule has 160 valence electrons. The molecule has 1 heterocycles. The highest BCUT2D eigenvalue weighted by Gasteiger charge is 2.33. The standard InChI is InChI=1S/C24H21F3N2O2/c1-4-20-18(14-28)21(22(29(20)3)23(30)31-5-2)16-12-10-15(11-13-16)17-8-6-7-9-19(17)24(25,26)27/h6-13H,4-5H2,1-3H3. The first-order chi connectivity index (χ1) is 14.7. The minimum Gasteiger partial charge on any atom is -0.461 e. The highest BCUT2D eigenvalue weighted by Crippen LogP contribution is 2.38. The van der Waals surface area contributed by atoms with Gasteiger partial charge in [0.25, 0.3) is 0 Å². The van der Waals surface area contributed by atoms with Gasteiger partial charge in [-0.05, 0) is 36.1 Å². The molecule has 0 saturated carbocycles. The predicted molar refractivity (Wildman–Crippen MR) is 111 cm³/mol. The first-order valence-electron chi connectivity index (χ1n) is 9.80. The van der Waals surface area contributed by atoms with E-state index in [-0.39, 0.29) is 17.9 Å². The zero-order chi connectivity index (χ0) is 22.8. The number of carbonyl (C=O) groups excluding carboxylic acids is 1. The summed E-state index contributed by atoms with van der Waals surface area (Å²) in [6.45, 7) is 3.76. The van der Waals surface area contributed by atoms with Crippen LogP contribution >= 0.6 is 0 Å². The predicted octanol–water partition coefficient (Wildman–Crippen LogP) is 5.99. The Morgan fingerprint density at radius 1 is 1.06 bits per heavy atom. The van der Waals surface area contributed by atoms with Crippen LogP contribution in [0.3, 0.4) is 0 Å². The number of esters is 1. The molecule has 3 rings (SSSR count). The fourth-order valence-corrected chi connectivity index (χ4v) is 3.79. The van der Waals surface area contributed by atoms with Crippen molar-refractivity contribution in [2.75, 3.05) is 6.61 Å². The van der Waals surface area contributed by atoms with E-state index < -0.39 is 17.7 Å². The molecule has 0 amide bonds. The van der Waals surface area contributed by atoms with Gasteiger partial charge in [-0.3, -0.25) is 0 Å². The minimum absolute atomic E-state index is 0.0648. The van der Waals surface area contributed by atoms with Crippen LogP contribution in [0.4, 0.5) is 13.2 Å². The summed E-state index contributed by atoms with van der Waals surface area (Å²) < 4.78 is 47.0. The van der Waals surface area contributed by atoms with Gasteiger partial charge < -0.3 is 9.30 Å². The molecular weight excluding hydrogens is 405 g/mol. The zero-order valence-electron chi connectivity index (χ0n) is 17.4. The van der Waals surface area contributed by atoms with E-state index in [0.717, 1.165) is 6.07 Å². The van der Waals surface area contributed by atoms with Crippen molar-refractivity contribution < 1.29 is 22.7 Å². The quantitative estimate of drug-likeness (QED) is 0.471. The lowest BCUT2D eigenvalue weighted by Gasteiger charge is -2.13. The second-order valence-corrected chi connectivity index (χ2v) is 6.91. The third kappa shape index (κ3) is 4.06. The highest BCUT2D eigenvalue weighted by molar-refractivity contribution is 5.98. The molecule has 0 aliphatic carbocycles. The van der Waals surface area contributed by atoms with E-state index in [1.165, 1.54) is 12.1 Å². The molecule has 0 spiro atoms. The van der Waals surface area contributed by atoms with Gasteiger partial charge in [0, 0.05) is 18.3 Å². The Hall–Kier alpha value is -3.53. The molecule has 0 fully saturated rings. The van der Waals surface area contributed by atoms with E-state index >= 15 is 0 Å². The van der Waals surface area contributed by atoms with Crippen LogP contribution in [-0.4, -0.2) is 17.1 Å². The molecule has 31 heavy (non-hydrogen) atoms. The number of aromatic nitrogens is 1. The topological polar surface area (TPSA) is 55.0 Å². The van der Waals surface area contributed by atoms with Gasteiger partial charge in [0.15, 0.2) is 0 Å². The second-order valence-electron chi connectivity index (χ2n) is 6.91. The smallest absolute Gasteiger partial charge is 0.417 e. The number of halogens is 3. The first kappa shape index (κ1) is 22.2. The Labute approximate surface area is 178 Å². The Morgan fingerprint density at radius 3 is 2.23 bits per heavy atom. The molecule has 2 aromatic carbocycles. The molecule has 4 nitrogen and oxygen atoms in total. The van der Waals surface area contributed by atoms with Crippen LogP contribution in [0.25, 0.3) is 22.3 Å². The lowest BCUT2D eigenvalue weighted by atomic mass is 9.95. The molecule has 1 aromatic heterocycles. The summed E-state index contributed by atoms with van der Waals surface area (Å²) in [4.78, 5) is 12.6. The fraction of sp³-hybridized carbons (Fsp3) is 0.250. The number of hydrogen-bond donors (Lipinski definition) is 0. The molecule has 0 bridgehead atoms. The van der Waals surface area contributed by atoms with Gasteiger partial charge in [-0.15, -0.1) is 0 Å². The Kier molecular flexibility index (Phi) is 6.21. The fourth-order valence-electron chi connectivity index (χ4n) is 3.79. The van der Waals surface area contributed by atoms with Gasteiger partial charge in [0.05, 0.1) is 17.7 Å². The maximum atomic E-state index is 13.4. The van der Waals surface area contributed by atoms with Crippen molar-refractivity contribution in [1.29, 1.82) is 5.26 Å². The second kappa shape index (κ2) is 8.68. The molecule has 0 aliphatic rings. The SMILES string of the molecule is CCOC(=O)c1c(-c2ccc(-c3ccccc3C(F)(F)F)cc2)c(C#N)c(CC)n1C. The molecule has 0 radical (unpaired) electrons. The van der Waals surface area contributed by atoms with E-state index in [2.05, 4.69) is 6.07 Å². The maximum Gasteiger partial charge on any atom is 0.417 e. The van der Waals surface area contributed by atoms with Crippen LogP contribution < -0.4 is 0 Å². The summed E-state index contributed by atoms with van der Waals surface area (Å²) in [6, 6.07) is 13.9. The molecule has 3 aromatic rings. The van der Waals surface area contributed by atoms with E-state index in [4.69, 9.17) is 4.74 Å². The molecule has 0 N–H and O–H groups in total. The number of nitrogens with zero attached hydrogens (tertiary/aromatic N) is 2. The molecular formula is C24H21F3N2O2. The van der Waals surface area contributed by atoms with Gasteiger partial charge >= 0.3 is 12.1 Å². The molecule has 0 atom stereocenters. The molecule has 0 unspecified atom stereocenters. The van der Waals surface area contributed by atoms with E-state index in [9.17, 15) is 23.2 Å². The van der Waals surface area contributed by atoms with Crippen molar-refractivity contribution in [1.82, 2.24) is 4.57 Å². The van der Waals surface area contributed by atoms with Crippen molar-refractivity contribution in [3.8, 4) is 28.3 Å². The molecule has 7 heteroatoms. The molecule has 0 aliphatic heterocycles. The van der Waals surface area contributed by atoms with Crippen LogP contribution in [0.2, 0.25) is 0 Å².